The molecular formula is C19H18N2O8. The van der Waals surface area contributed by atoms with Gasteiger partial charge < -0.3 is 30.0 Å². The van der Waals surface area contributed by atoms with E-state index >= 15 is 0 Å². The van der Waals surface area contributed by atoms with Crippen molar-refractivity contribution in [3.8, 4) is 0 Å². The van der Waals surface area contributed by atoms with Crippen LogP contribution in [0.5, 0.6) is 0 Å². The van der Waals surface area contributed by atoms with Gasteiger partial charge in [-0.3, -0.25) is 4.79 Å². The van der Waals surface area contributed by atoms with Gasteiger partial charge in [0.15, 0.2) is 5.41 Å². The number of nitrogens with one attached hydrogen (secondary N) is 1. The number of carbonyl (C=O) groups is 4. The zero-order chi connectivity index (χ0) is 21.3. The molecule has 0 aromatic heterocycles. The van der Waals surface area contributed by atoms with Gasteiger partial charge in [-0.25, -0.2) is 14.4 Å². The first kappa shape index (κ1) is 19.9. The molecule has 1 unspecified atom stereocenters. The minimum absolute atomic E-state index is 0.201. The number of hydrogen-bond donors (Lipinski definition) is 2. The van der Waals surface area contributed by atoms with Crippen molar-refractivity contribution in [1.29, 1.82) is 0 Å². The summed E-state index contributed by atoms with van der Waals surface area (Å²) in [6, 6.07) is 6.42. The number of carbonyl (C=O) groups excluding carboxylic acids is 4. The average molecular weight is 402 g/mol. The Morgan fingerprint density at radius 2 is 1.66 bits per heavy atom. The fourth-order valence-electron chi connectivity index (χ4n) is 3.55. The van der Waals surface area contributed by atoms with Crippen LogP contribution in [0.25, 0.3) is 0 Å². The number of esters is 4. The second kappa shape index (κ2) is 7.30. The number of benzene rings is 1. The summed E-state index contributed by atoms with van der Waals surface area (Å²) in [4.78, 5) is 50.5. The zero-order valence-electron chi connectivity index (χ0n) is 15.9. The lowest BCUT2D eigenvalue weighted by molar-refractivity contribution is -0.147. The Hall–Kier alpha value is -3.82. The van der Waals surface area contributed by atoms with E-state index < -0.39 is 35.7 Å². The molecule has 2 heterocycles. The van der Waals surface area contributed by atoms with Crippen molar-refractivity contribution in [2.45, 2.75) is 11.8 Å². The van der Waals surface area contributed by atoms with E-state index in [2.05, 4.69) is 10.1 Å². The maximum Gasteiger partial charge on any atom is 0.339 e. The summed E-state index contributed by atoms with van der Waals surface area (Å²) in [5.41, 5.74) is 3.89. The van der Waals surface area contributed by atoms with Gasteiger partial charge in [0.1, 0.15) is 29.1 Å². The first-order valence-electron chi connectivity index (χ1n) is 8.38. The molecule has 1 atom stereocenters. The summed E-state index contributed by atoms with van der Waals surface area (Å²) in [5.74, 6) is -4.17. The molecule has 3 N–H and O–H groups in total. The Bertz CT molecular complexity index is 994. The fraction of sp³-hybridized carbons (Fsp3) is 0.263. The van der Waals surface area contributed by atoms with Crippen molar-refractivity contribution >= 4 is 29.6 Å². The highest BCUT2D eigenvalue weighted by atomic mass is 16.6. The molecule has 1 spiro atoms. The molecule has 29 heavy (non-hydrogen) atoms. The number of hydrogen-bond acceptors (Lipinski definition) is 10. The molecule has 0 aliphatic carbocycles. The van der Waals surface area contributed by atoms with Crippen LogP contribution < -0.4 is 11.1 Å². The number of methoxy groups -OCH3 is 3. The van der Waals surface area contributed by atoms with Crippen LogP contribution in [0, 0.1) is 0 Å². The third-order valence-corrected chi connectivity index (χ3v) is 4.73. The van der Waals surface area contributed by atoms with Gasteiger partial charge >= 0.3 is 23.9 Å². The molecular weight excluding hydrogens is 384 g/mol. The van der Waals surface area contributed by atoms with Crippen LogP contribution in [0.2, 0.25) is 0 Å². The van der Waals surface area contributed by atoms with E-state index in [1.54, 1.807) is 18.2 Å². The lowest BCUT2D eigenvalue weighted by Gasteiger charge is -2.35. The van der Waals surface area contributed by atoms with Gasteiger partial charge in [0, 0.05) is 11.3 Å². The Morgan fingerprint density at radius 1 is 1.03 bits per heavy atom. The molecule has 0 radical (unpaired) electrons. The van der Waals surface area contributed by atoms with Crippen molar-refractivity contribution in [3.63, 3.8) is 0 Å². The molecule has 10 nitrogen and oxygen atoms in total. The highest BCUT2D eigenvalue weighted by molar-refractivity contribution is 6.16. The maximum absolute atomic E-state index is 13.3. The first-order valence-corrected chi connectivity index (χ1v) is 8.38. The van der Waals surface area contributed by atoms with Crippen LogP contribution in [0.15, 0.2) is 47.0 Å². The largest absolute Gasteiger partial charge is 0.469 e. The second-order valence-corrected chi connectivity index (χ2v) is 6.13. The molecule has 1 aromatic carbocycles. The Morgan fingerprint density at radius 3 is 2.28 bits per heavy atom. The monoisotopic (exact) mass is 402 g/mol. The zero-order valence-corrected chi connectivity index (χ0v) is 15.9. The summed E-state index contributed by atoms with van der Waals surface area (Å²) in [7, 11) is 3.35. The van der Waals surface area contributed by atoms with Gasteiger partial charge in [-0.05, 0) is 6.07 Å². The van der Waals surface area contributed by atoms with Gasteiger partial charge in [-0.1, -0.05) is 18.2 Å². The van der Waals surface area contributed by atoms with E-state index in [1.165, 1.54) is 6.07 Å². The summed E-state index contributed by atoms with van der Waals surface area (Å²) in [6.07, 6.45) is -0.529. The molecule has 0 amide bonds. The molecule has 0 saturated carbocycles. The fourth-order valence-corrected chi connectivity index (χ4v) is 3.55. The number of cyclic esters (lactones) is 1. The standard InChI is InChI=1S/C19H18N2O8/c1-26-12(22)8-11-13(16(23)27-2)19(18(25)29-11)9-6-4-5-7-10(9)21-15(20)14(19)17(24)28-3/h4-7,21H,8,20H2,1-3H3. The van der Waals surface area contributed by atoms with Gasteiger partial charge in [0.2, 0.25) is 0 Å². The van der Waals surface area contributed by atoms with Gasteiger partial charge in [0.05, 0.1) is 21.3 Å². The van der Waals surface area contributed by atoms with Crippen LogP contribution in [0.4, 0.5) is 5.69 Å². The lowest BCUT2D eigenvalue weighted by atomic mass is 9.66. The number of nitrogens with two attached hydrogens (primary N) is 1. The number of ether oxygens (including phenoxy) is 4. The van der Waals surface area contributed by atoms with Crippen molar-refractivity contribution < 1.29 is 38.1 Å². The number of fused-ring (bicyclic) bond motifs is 2. The SMILES string of the molecule is COC(=O)CC1=C(C(=O)OC)C2(C(=O)O1)C(C(=O)OC)=C(N)Nc1ccccc12. The van der Waals surface area contributed by atoms with Crippen molar-refractivity contribution in [2.24, 2.45) is 5.73 Å². The summed E-state index contributed by atoms with van der Waals surface area (Å²) in [5, 5.41) is 2.82. The Balaban J connectivity index is 2.43. The van der Waals surface area contributed by atoms with Crippen LogP contribution in [-0.4, -0.2) is 45.2 Å². The minimum atomic E-state index is -2.07. The van der Waals surface area contributed by atoms with E-state index in [-0.39, 0.29) is 28.3 Å². The molecule has 0 bridgehead atoms. The summed E-state index contributed by atoms with van der Waals surface area (Å²) in [6.45, 7) is 0. The molecule has 2 aliphatic rings. The van der Waals surface area contributed by atoms with E-state index in [1.807, 2.05) is 0 Å². The molecule has 1 aromatic rings. The molecule has 152 valence electrons. The smallest absolute Gasteiger partial charge is 0.339 e. The van der Waals surface area contributed by atoms with E-state index in [0.717, 1.165) is 21.3 Å². The lowest BCUT2D eigenvalue weighted by Crippen LogP contribution is -2.47. The molecule has 0 saturated heterocycles. The predicted molar refractivity (Wildman–Crippen MR) is 96.7 cm³/mol. The number of para-hydroxylation sites is 1. The highest BCUT2D eigenvalue weighted by Crippen LogP contribution is 2.53. The third kappa shape index (κ3) is 2.80. The Labute approximate surface area is 165 Å². The van der Waals surface area contributed by atoms with Gasteiger partial charge in [0.25, 0.3) is 0 Å². The molecule has 0 fully saturated rings. The van der Waals surface area contributed by atoms with E-state index in [9.17, 15) is 19.2 Å². The second-order valence-electron chi connectivity index (χ2n) is 6.13. The van der Waals surface area contributed by atoms with Crippen LogP contribution >= 0.6 is 0 Å². The highest BCUT2D eigenvalue weighted by Gasteiger charge is 2.63. The van der Waals surface area contributed by atoms with Gasteiger partial charge in [-0.15, -0.1) is 0 Å². The quantitative estimate of drug-likeness (QED) is 0.531. The van der Waals surface area contributed by atoms with Crippen LogP contribution in [0.1, 0.15) is 12.0 Å². The van der Waals surface area contributed by atoms with Crippen molar-refractivity contribution in [1.82, 2.24) is 0 Å². The van der Waals surface area contributed by atoms with E-state index in [4.69, 9.17) is 19.9 Å². The van der Waals surface area contributed by atoms with Crippen LogP contribution in [-0.2, 0) is 43.5 Å². The summed E-state index contributed by atoms with van der Waals surface area (Å²) >= 11 is 0. The molecule has 10 heteroatoms. The van der Waals surface area contributed by atoms with Crippen molar-refractivity contribution in [3.05, 3.63) is 52.6 Å². The third-order valence-electron chi connectivity index (χ3n) is 4.73. The van der Waals surface area contributed by atoms with Crippen LogP contribution in [0.3, 0.4) is 0 Å². The average Bonchev–Trinajstić information content (AvgIpc) is 2.98. The Kier molecular flexibility index (Phi) is 5.02. The van der Waals surface area contributed by atoms with Crippen molar-refractivity contribution in [2.75, 3.05) is 26.6 Å². The maximum atomic E-state index is 13.3. The minimum Gasteiger partial charge on any atom is -0.469 e. The number of anilines is 1. The normalized spacial score (nSPS) is 20.0. The topological polar surface area (TPSA) is 143 Å². The van der Waals surface area contributed by atoms with E-state index in [0.29, 0.717) is 5.69 Å². The number of rotatable bonds is 4. The molecule has 3 rings (SSSR count). The summed E-state index contributed by atoms with van der Waals surface area (Å²) < 4.78 is 19.6. The predicted octanol–water partition coefficient (Wildman–Crippen LogP) is 0.240. The molecule has 2 aliphatic heterocycles. The first-order chi connectivity index (χ1) is 13.8. The van der Waals surface area contributed by atoms with Gasteiger partial charge in [-0.2, -0.15) is 0 Å².